The van der Waals surface area contributed by atoms with Gasteiger partial charge in [0.2, 0.25) is 5.88 Å². The second-order valence-corrected chi connectivity index (χ2v) is 5.73. The molecule has 0 saturated heterocycles. The maximum atomic E-state index is 6.00. The molecule has 0 fully saturated rings. The number of rotatable bonds is 2. The molecule has 0 radical (unpaired) electrons. The number of ether oxygens (including phenoxy) is 1. The Balaban J connectivity index is 2.30. The molecule has 0 amide bonds. The standard InChI is InChI=1S/C14H16ClN3O/c1-9-5-6-10(8-16-9)19-12-7-11(15)17-13(18-12)14(2,3)4/h5-8H,1-4H3. The van der Waals surface area contributed by atoms with Gasteiger partial charge in [0.25, 0.3) is 0 Å². The predicted octanol–water partition coefficient (Wildman–Crippen LogP) is 3.92. The van der Waals surface area contributed by atoms with Crippen molar-refractivity contribution < 1.29 is 4.74 Å². The summed E-state index contributed by atoms with van der Waals surface area (Å²) in [4.78, 5) is 12.8. The van der Waals surface area contributed by atoms with Gasteiger partial charge in [-0.25, -0.2) is 4.98 Å². The van der Waals surface area contributed by atoms with Crippen LogP contribution in [0.5, 0.6) is 11.6 Å². The van der Waals surface area contributed by atoms with E-state index in [0.717, 1.165) is 5.69 Å². The van der Waals surface area contributed by atoms with Crippen LogP contribution in [0.15, 0.2) is 24.4 Å². The maximum Gasteiger partial charge on any atom is 0.224 e. The summed E-state index contributed by atoms with van der Waals surface area (Å²) >= 11 is 6.00. The van der Waals surface area contributed by atoms with E-state index in [4.69, 9.17) is 16.3 Å². The van der Waals surface area contributed by atoms with Crippen LogP contribution in [0.4, 0.5) is 0 Å². The number of hydrogen-bond acceptors (Lipinski definition) is 4. The summed E-state index contributed by atoms with van der Waals surface area (Å²) in [5.41, 5.74) is 0.748. The van der Waals surface area contributed by atoms with Gasteiger partial charge in [-0.2, -0.15) is 4.98 Å². The fourth-order valence-electron chi connectivity index (χ4n) is 1.42. The van der Waals surface area contributed by atoms with Crippen molar-refractivity contribution >= 4 is 11.6 Å². The summed E-state index contributed by atoms with van der Waals surface area (Å²) in [5.74, 6) is 1.70. The topological polar surface area (TPSA) is 47.9 Å². The molecule has 0 saturated carbocycles. The molecule has 0 aliphatic carbocycles. The highest BCUT2D eigenvalue weighted by Crippen LogP contribution is 2.26. The zero-order valence-electron chi connectivity index (χ0n) is 11.4. The zero-order chi connectivity index (χ0) is 14.0. The highest BCUT2D eigenvalue weighted by molar-refractivity contribution is 6.29. The van der Waals surface area contributed by atoms with Gasteiger partial charge < -0.3 is 4.74 Å². The quantitative estimate of drug-likeness (QED) is 0.781. The smallest absolute Gasteiger partial charge is 0.224 e. The molecule has 0 bridgehead atoms. The van der Waals surface area contributed by atoms with Crippen molar-refractivity contribution in [3.05, 3.63) is 41.1 Å². The van der Waals surface area contributed by atoms with Crippen LogP contribution >= 0.6 is 11.6 Å². The first-order chi connectivity index (χ1) is 8.84. The minimum atomic E-state index is -0.186. The maximum absolute atomic E-state index is 6.00. The predicted molar refractivity (Wildman–Crippen MR) is 74.8 cm³/mol. The van der Waals surface area contributed by atoms with E-state index in [1.54, 1.807) is 12.3 Å². The van der Waals surface area contributed by atoms with Crippen LogP contribution in [0.1, 0.15) is 32.3 Å². The molecular weight excluding hydrogens is 262 g/mol. The van der Waals surface area contributed by atoms with Gasteiger partial charge in [0.15, 0.2) is 0 Å². The summed E-state index contributed by atoms with van der Waals surface area (Å²) in [6.07, 6.45) is 1.65. The van der Waals surface area contributed by atoms with Gasteiger partial charge in [-0.15, -0.1) is 0 Å². The van der Waals surface area contributed by atoms with Gasteiger partial charge in [0.05, 0.1) is 6.20 Å². The van der Waals surface area contributed by atoms with Crippen molar-refractivity contribution in [2.24, 2.45) is 0 Å². The first kappa shape index (κ1) is 13.7. The molecule has 0 aromatic carbocycles. The van der Waals surface area contributed by atoms with Gasteiger partial charge in [-0.3, -0.25) is 4.98 Å². The van der Waals surface area contributed by atoms with Gasteiger partial charge >= 0.3 is 0 Å². The lowest BCUT2D eigenvalue weighted by Gasteiger charge is -2.17. The molecular formula is C14H16ClN3O. The van der Waals surface area contributed by atoms with Crippen molar-refractivity contribution in [2.45, 2.75) is 33.1 Å². The van der Waals surface area contributed by atoms with E-state index < -0.39 is 0 Å². The van der Waals surface area contributed by atoms with Crippen molar-refractivity contribution in [3.8, 4) is 11.6 Å². The van der Waals surface area contributed by atoms with E-state index in [9.17, 15) is 0 Å². The summed E-state index contributed by atoms with van der Waals surface area (Å²) in [7, 11) is 0. The average Bonchev–Trinajstić information content (AvgIpc) is 2.30. The van der Waals surface area contributed by atoms with E-state index in [1.165, 1.54) is 0 Å². The number of aromatic nitrogens is 3. The molecule has 2 aromatic heterocycles. The van der Waals surface area contributed by atoms with Crippen molar-refractivity contribution in [2.75, 3.05) is 0 Å². The van der Waals surface area contributed by atoms with Crippen molar-refractivity contribution in [1.82, 2.24) is 15.0 Å². The third-order valence-electron chi connectivity index (χ3n) is 2.45. The van der Waals surface area contributed by atoms with Crippen LogP contribution in [-0.2, 0) is 5.41 Å². The number of halogens is 1. The Kier molecular flexibility index (Phi) is 3.71. The zero-order valence-corrected chi connectivity index (χ0v) is 12.2. The third-order valence-corrected chi connectivity index (χ3v) is 2.64. The van der Waals surface area contributed by atoms with Crippen LogP contribution < -0.4 is 4.74 Å². The second-order valence-electron chi connectivity index (χ2n) is 5.34. The van der Waals surface area contributed by atoms with Gasteiger partial charge in [0, 0.05) is 17.2 Å². The van der Waals surface area contributed by atoms with Crippen LogP contribution in [0.25, 0.3) is 0 Å². The molecule has 0 aliphatic rings. The molecule has 0 N–H and O–H groups in total. The Morgan fingerprint density at radius 1 is 1.16 bits per heavy atom. The van der Waals surface area contributed by atoms with E-state index in [0.29, 0.717) is 22.6 Å². The van der Waals surface area contributed by atoms with Crippen LogP contribution in [0, 0.1) is 6.92 Å². The van der Waals surface area contributed by atoms with Crippen molar-refractivity contribution in [3.63, 3.8) is 0 Å². The van der Waals surface area contributed by atoms with Gasteiger partial charge in [-0.05, 0) is 19.1 Å². The highest BCUT2D eigenvalue weighted by Gasteiger charge is 2.19. The first-order valence-electron chi connectivity index (χ1n) is 6.00. The molecule has 0 unspecified atom stereocenters. The van der Waals surface area contributed by atoms with Gasteiger partial charge in [0.1, 0.15) is 16.7 Å². The Morgan fingerprint density at radius 2 is 1.89 bits per heavy atom. The molecule has 2 heterocycles. The lowest BCUT2D eigenvalue weighted by atomic mass is 9.96. The average molecular weight is 278 g/mol. The summed E-state index contributed by atoms with van der Waals surface area (Å²) in [6, 6.07) is 5.31. The van der Waals surface area contributed by atoms with E-state index in [-0.39, 0.29) is 5.41 Å². The molecule has 2 aromatic rings. The third kappa shape index (κ3) is 3.64. The largest absolute Gasteiger partial charge is 0.437 e. The molecule has 100 valence electrons. The van der Waals surface area contributed by atoms with E-state index in [2.05, 4.69) is 15.0 Å². The number of pyridine rings is 1. The Bertz CT molecular complexity index is 576. The monoisotopic (exact) mass is 277 g/mol. The molecule has 19 heavy (non-hydrogen) atoms. The lowest BCUT2D eigenvalue weighted by Crippen LogP contribution is -2.16. The second kappa shape index (κ2) is 5.13. The molecule has 5 heteroatoms. The molecule has 0 aliphatic heterocycles. The number of aryl methyl sites for hydroxylation is 1. The summed E-state index contributed by atoms with van der Waals surface area (Å²) in [6.45, 7) is 7.99. The highest BCUT2D eigenvalue weighted by atomic mass is 35.5. The fraction of sp³-hybridized carbons (Fsp3) is 0.357. The van der Waals surface area contributed by atoms with Crippen LogP contribution in [0.3, 0.4) is 0 Å². The summed E-state index contributed by atoms with van der Waals surface area (Å²) < 4.78 is 5.65. The Morgan fingerprint density at radius 3 is 2.47 bits per heavy atom. The SMILES string of the molecule is Cc1ccc(Oc2cc(Cl)nc(C(C)(C)C)n2)cn1. The van der Waals surface area contributed by atoms with Crippen LogP contribution in [-0.4, -0.2) is 15.0 Å². The number of hydrogen-bond donors (Lipinski definition) is 0. The molecule has 0 spiro atoms. The lowest BCUT2D eigenvalue weighted by molar-refractivity contribution is 0.444. The first-order valence-corrected chi connectivity index (χ1v) is 6.38. The number of nitrogens with zero attached hydrogens (tertiary/aromatic N) is 3. The van der Waals surface area contributed by atoms with Crippen LogP contribution in [0.2, 0.25) is 5.15 Å². The fourth-order valence-corrected chi connectivity index (χ4v) is 1.59. The minimum Gasteiger partial charge on any atom is -0.437 e. The Hall–Kier alpha value is -1.68. The molecule has 2 rings (SSSR count). The Labute approximate surface area is 117 Å². The minimum absolute atomic E-state index is 0.186. The van der Waals surface area contributed by atoms with E-state index in [1.807, 2.05) is 39.8 Å². The van der Waals surface area contributed by atoms with Gasteiger partial charge in [-0.1, -0.05) is 32.4 Å². The summed E-state index contributed by atoms with van der Waals surface area (Å²) in [5, 5.41) is 0.370. The molecule has 0 atom stereocenters. The van der Waals surface area contributed by atoms with E-state index >= 15 is 0 Å². The normalized spacial score (nSPS) is 11.4. The van der Waals surface area contributed by atoms with Crippen molar-refractivity contribution in [1.29, 1.82) is 0 Å². The molecule has 4 nitrogen and oxygen atoms in total.